The van der Waals surface area contributed by atoms with Crippen LogP contribution >= 0.6 is 23.2 Å². The first kappa shape index (κ1) is 16.6. The zero-order valence-corrected chi connectivity index (χ0v) is 14.2. The number of nitrogens with zero attached hydrogens (tertiary/aromatic N) is 1. The van der Waals surface area contributed by atoms with Crippen LogP contribution in [0.15, 0.2) is 12.1 Å². The van der Waals surface area contributed by atoms with Crippen LogP contribution in [-0.2, 0) is 4.79 Å². The molecule has 1 aromatic carbocycles. The highest BCUT2D eigenvalue weighted by molar-refractivity contribution is 6.38. The predicted molar refractivity (Wildman–Crippen MR) is 87.0 cm³/mol. The second-order valence-corrected chi connectivity index (χ2v) is 7.06. The summed E-state index contributed by atoms with van der Waals surface area (Å²) in [4.78, 5) is 26.6. The van der Waals surface area contributed by atoms with Gasteiger partial charge in [0.05, 0.1) is 22.1 Å². The van der Waals surface area contributed by atoms with Crippen molar-refractivity contribution in [3.8, 4) is 0 Å². The van der Waals surface area contributed by atoms with Gasteiger partial charge in [0.1, 0.15) is 0 Å². The Hall–Kier alpha value is -1.30. The van der Waals surface area contributed by atoms with Gasteiger partial charge >= 0.3 is 0 Å². The first-order valence-corrected chi connectivity index (χ1v) is 8.36. The summed E-state index contributed by atoms with van der Waals surface area (Å²) in [5, 5.41) is 15.6. The molecule has 2 atom stereocenters. The van der Waals surface area contributed by atoms with E-state index in [0.29, 0.717) is 16.3 Å². The first-order chi connectivity index (χ1) is 10.8. The molecule has 0 saturated carbocycles. The molecule has 23 heavy (non-hydrogen) atoms. The molecule has 1 saturated heterocycles. The van der Waals surface area contributed by atoms with Gasteiger partial charge < -0.3 is 15.2 Å². The molecule has 5 nitrogen and oxygen atoms in total. The Balaban J connectivity index is 2.05. The molecule has 3 rings (SSSR count). The average Bonchev–Trinajstić information content (AvgIpc) is 2.98. The van der Waals surface area contributed by atoms with Gasteiger partial charge in [-0.25, -0.2) is 0 Å². The Labute approximate surface area is 144 Å². The maximum Gasteiger partial charge on any atom is 0.169 e. The van der Waals surface area contributed by atoms with Crippen molar-refractivity contribution in [2.24, 2.45) is 0 Å². The molecule has 1 N–H and O–H groups in total. The molecule has 0 radical (unpaired) electrons. The second kappa shape index (κ2) is 5.96. The van der Waals surface area contributed by atoms with Gasteiger partial charge in [-0.15, -0.1) is 0 Å². The number of carbonyl (C=O) groups is 2. The fourth-order valence-electron chi connectivity index (χ4n) is 3.57. The SMILES string of the molecule is CC(N1CCCC1)C1(C(=O)[O-])CC(=O)c2c(Cl)cc(Cl)cc2N1. The summed E-state index contributed by atoms with van der Waals surface area (Å²) in [5.41, 5.74) is -0.835. The van der Waals surface area contributed by atoms with Crippen molar-refractivity contribution in [2.75, 3.05) is 18.4 Å². The molecule has 7 heteroatoms. The van der Waals surface area contributed by atoms with Crippen molar-refractivity contribution in [3.63, 3.8) is 0 Å². The number of carbonyl (C=O) groups excluding carboxylic acids is 2. The van der Waals surface area contributed by atoms with Crippen LogP contribution < -0.4 is 10.4 Å². The van der Waals surface area contributed by atoms with Gasteiger partial charge in [-0.1, -0.05) is 23.2 Å². The van der Waals surface area contributed by atoms with E-state index < -0.39 is 11.5 Å². The Morgan fingerprint density at radius 3 is 2.61 bits per heavy atom. The van der Waals surface area contributed by atoms with Crippen LogP contribution in [0.2, 0.25) is 10.0 Å². The minimum Gasteiger partial charge on any atom is -0.547 e. The fourth-order valence-corrected chi connectivity index (χ4v) is 4.17. The average molecular weight is 356 g/mol. The number of hydrogen-bond acceptors (Lipinski definition) is 5. The quantitative estimate of drug-likeness (QED) is 0.897. The van der Waals surface area contributed by atoms with Crippen LogP contribution in [0.5, 0.6) is 0 Å². The molecule has 2 unspecified atom stereocenters. The minimum atomic E-state index is -1.48. The largest absolute Gasteiger partial charge is 0.547 e. The van der Waals surface area contributed by atoms with Crippen LogP contribution in [0.25, 0.3) is 0 Å². The number of carboxylic acids is 1. The van der Waals surface area contributed by atoms with Gasteiger partial charge in [0.2, 0.25) is 0 Å². The lowest BCUT2D eigenvalue weighted by atomic mass is 9.79. The van der Waals surface area contributed by atoms with Crippen LogP contribution in [0.3, 0.4) is 0 Å². The highest BCUT2D eigenvalue weighted by atomic mass is 35.5. The molecule has 0 spiro atoms. The maximum absolute atomic E-state index is 12.6. The third-order valence-electron chi connectivity index (χ3n) is 4.90. The normalized spacial score (nSPS) is 25.8. The van der Waals surface area contributed by atoms with Crippen molar-refractivity contribution in [1.82, 2.24) is 4.90 Å². The van der Waals surface area contributed by atoms with E-state index in [-0.39, 0.29) is 23.3 Å². The number of hydrogen-bond donors (Lipinski definition) is 1. The van der Waals surface area contributed by atoms with Crippen molar-refractivity contribution < 1.29 is 14.7 Å². The first-order valence-electron chi connectivity index (χ1n) is 7.61. The van der Waals surface area contributed by atoms with E-state index in [0.717, 1.165) is 25.9 Å². The van der Waals surface area contributed by atoms with Gasteiger partial charge in [-0.2, -0.15) is 0 Å². The van der Waals surface area contributed by atoms with Gasteiger partial charge in [-0.05, 0) is 45.0 Å². The van der Waals surface area contributed by atoms with E-state index in [4.69, 9.17) is 23.2 Å². The number of fused-ring (bicyclic) bond motifs is 1. The van der Waals surface area contributed by atoms with Crippen LogP contribution in [0, 0.1) is 0 Å². The molecular weight excluding hydrogens is 339 g/mol. The van der Waals surface area contributed by atoms with Crippen molar-refractivity contribution in [1.29, 1.82) is 0 Å². The predicted octanol–water partition coefficient (Wildman–Crippen LogP) is 1.96. The third-order valence-corrected chi connectivity index (χ3v) is 5.41. The number of aliphatic carboxylic acids is 1. The number of benzene rings is 1. The topological polar surface area (TPSA) is 72.5 Å². The number of likely N-dealkylation sites (tertiary alicyclic amines) is 1. The van der Waals surface area contributed by atoms with Crippen LogP contribution in [0.4, 0.5) is 5.69 Å². The van der Waals surface area contributed by atoms with Gasteiger partial charge in [0, 0.05) is 23.2 Å². The summed E-state index contributed by atoms with van der Waals surface area (Å²) in [6.45, 7) is 3.45. The highest BCUT2D eigenvalue weighted by Crippen LogP contribution is 2.40. The highest BCUT2D eigenvalue weighted by Gasteiger charge is 2.47. The smallest absolute Gasteiger partial charge is 0.169 e. The minimum absolute atomic E-state index is 0.193. The lowest BCUT2D eigenvalue weighted by Gasteiger charge is -2.47. The summed E-state index contributed by atoms with van der Waals surface area (Å²) in [5.74, 6) is -1.59. The zero-order valence-electron chi connectivity index (χ0n) is 12.7. The summed E-state index contributed by atoms with van der Waals surface area (Å²) < 4.78 is 0. The number of anilines is 1. The number of rotatable bonds is 3. The van der Waals surface area contributed by atoms with Gasteiger partial charge in [0.15, 0.2) is 5.78 Å². The van der Waals surface area contributed by atoms with E-state index in [1.165, 1.54) is 12.1 Å². The van der Waals surface area contributed by atoms with E-state index in [2.05, 4.69) is 10.2 Å². The number of nitrogens with one attached hydrogen (secondary N) is 1. The molecule has 1 aromatic rings. The Morgan fingerprint density at radius 2 is 2.00 bits per heavy atom. The number of carboxylic acid groups (broad SMARTS) is 1. The van der Waals surface area contributed by atoms with E-state index >= 15 is 0 Å². The molecular formula is C16H17Cl2N2O3-. The Bertz CT molecular complexity index is 674. The summed E-state index contributed by atoms with van der Waals surface area (Å²) in [7, 11) is 0. The van der Waals surface area contributed by atoms with Crippen molar-refractivity contribution in [3.05, 3.63) is 27.7 Å². The Morgan fingerprint density at radius 1 is 1.35 bits per heavy atom. The summed E-state index contributed by atoms with van der Waals surface area (Å²) in [6.07, 6.45) is 1.85. The molecule has 0 bridgehead atoms. The lowest BCUT2D eigenvalue weighted by Crippen LogP contribution is -2.66. The molecule has 124 valence electrons. The number of ketones is 1. The van der Waals surface area contributed by atoms with E-state index in [1.54, 1.807) is 0 Å². The number of Topliss-reactive ketones (excluding diaryl/α,β-unsaturated/α-hetero) is 1. The molecule has 1 fully saturated rings. The van der Waals surface area contributed by atoms with Gasteiger partial charge in [-0.3, -0.25) is 9.69 Å². The van der Waals surface area contributed by atoms with E-state index in [9.17, 15) is 14.7 Å². The molecule has 0 amide bonds. The van der Waals surface area contributed by atoms with Crippen molar-refractivity contribution >= 4 is 40.6 Å². The van der Waals surface area contributed by atoms with Gasteiger partial charge in [0.25, 0.3) is 0 Å². The van der Waals surface area contributed by atoms with E-state index in [1.807, 2.05) is 6.92 Å². The van der Waals surface area contributed by atoms with Crippen LogP contribution in [-0.4, -0.2) is 41.3 Å². The summed E-state index contributed by atoms with van der Waals surface area (Å²) in [6, 6.07) is 2.64. The summed E-state index contributed by atoms with van der Waals surface area (Å²) >= 11 is 12.1. The molecule has 0 aliphatic carbocycles. The molecule has 2 heterocycles. The Kier molecular flexibility index (Phi) is 4.29. The maximum atomic E-state index is 12.6. The van der Waals surface area contributed by atoms with Crippen molar-refractivity contribution in [2.45, 2.75) is 37.8 Å². The molecule has 2 aliphatic rings. The molecule has 2 aliphatic heterocycles. The standard InChI is InChI=1S/C16H18Cl2N2O3/c1-9(20-4-2-3-5-20)16(15(22)23)8-13(21)14-11(18)6-10(17)7-12(14)19-16/h6-7,9,19H,2-5,8H2,1H3,(H,22,23)/p-1. The number of halogens is 2. The zero-order chi connectivity index (χ0) is 16.8. The lowest BCUT2D eigenvalue weighted by molar-refractivity contribution is -0.313. The fraction of sp³-hybridized carbons (Fsp3) is 0.500. The van der Waals surface area contributed by atoms with Crippen LogP contribution in [0.1, 0.15) is 36.5 Å². The monoisotopic (exact) mass is 355 g/mol. The molecule has 0 aromatic heterocycles. The second-order valence-electron chi connectivity index (χ2n) is 6.21. The third kappa shape index (κ3) is 2.71.